The van der Waals surface area contributed by atoms with Gasteiger partial charge < -0.3 is 29.9 Å². The standard InChI is InChI=1S/C27H28N6O4S/c1-5-32-20-9-7-6-8-18(20)19-14-17(10-11-21(19)32)29-24(34)15-38-27-31-30-26(33(27)28)16-12-22(35-2)25(37-4)23(13-16)36-3/h6-14H,5,15,28H2,1-4H3,(H,29,34). The molecule has 3 N–H and O–H groups in total. The first kappa shape index (κ1) is 25.3. The van der Waals surface area contributed by atoms with Crippen LogP contribution >= 0.6 is 11.8 Å². The van der Waals surface area contributed by atoms with Gasteiger partial charge in [0.25, 0.3) is 0 Å². The van der Waals surface area contributed by atoms with Crippen LogP contribution in [-0.2, 0) is 11.3 Å². The molecule has 0 aliphatic rings. The summed E-state index contributed by atoms with van der Waals surface area (Å²) in [4.78, 5) is 12.8. The lowest BCUT2D eigenvalue weighted by Crippen LogP contribution is -2.16. The van der Waals surface area contributed by atoms with Crippen LogP contribution in [0.3, 0.4) is 0 Å². The number of thioether (sulfide) groups is 1. The average Bonchev–Trinajstić information content (AvgIpc) is 3.47. The van der Waals surface area contributed by atoms with Gasteiger partial charge in [-0.3, -0.25) is 4.79 Å². The Kier molecular flexibility index (Phi) is 7.01. The zero-order valence-corrected chi connectivity index (χ0v) is 22.3. The third-order valence-electron chi connectivity index (χ3n) is 6.29. The van der Waals surface area contributed by atoms with Crippen molar-refractivity contribution in [2.45, 2.75) is 18.6 Å². The maximum Gasteiger partial charge on any atom is 0.234 e. The number of hydrogen-bond acceptors (Lipinski definition) is 8. The van der Waals surface area contributed by atoms with Crippen LogP contribution in [0.1, 0.15) is 6.92 Å². The smallest absolute Gasteiger partial charge is 0.234 e. The van der Waals surface area contributed by atoms with Gasteiger partial charge in [-0.05, 0) is 43.3 Å². The largest absolute Gasteiger partial charge is 0.493 e. The number of nitrogens with zero attached hydrogens (tertiary/aromatic N) is 4. The summed E-state index contributed by atoms with van der Waals surface area (Å²) < 4.78 is 19.8. The Labute approximate surface area is 223 Å². The van der Waals surface area contributed by atoms with Crippen molar-refractivity contribution < 1.29 is 19.0 Å². The summed E-state index contributed by atoms with van der Waals surface area (Å²) in [6, 6.07) is 17.7. The number of benzene rings is 3. The molecule has 0 spiro atoms. The molecule has 10 nitrogen and oxygen atoms in total. The number of carbonyl (C=O) groups excluding carboxylic acids is 1. The van der Waals surface area contributed by atoms with Crippen molar-refractivity contribution in [1.29, 1.82) is 0 Å². The normalized spacial score (nSPS) is 11.2. The molecular formula is C27H28N6O4S. The molecule has 0 unspecified atom stereocenters. The molecule has 0 radical (unpaired) electrons. The van der Waals surface area contributed by atoms with E-state index < -0.39 is 0 Å². The van der Waals surface area contributed by atoms with Crippen LogP contribution in [-0.4, -0.2) is 52.4 Å². The number of nitrogen functional groups attached to an aromatic ring is 1. The van der Waals surface area contributed by atoms with E-state index in [9.17, 15) is 4.79 Å². The van der Waals surface area contributed by atoms with Gasteiger partial charge in [0, 0.05) is 39.6 Å². The summed E-state index contributed by atoms with van der Waals surface area (Å²) >= 11 is 1.19. The van der Waals surface area contributed by atoms with Crippen LogP contribution < -0.4 is 25.4 Å². The molecule has 2 heterocycles. The first-order chi connectivity index (χ1) is 18.5. The van der Waals surface area contributed by atoms with E-state index in [2.05, 4.69) is 39.1 Å². The maximum absolute atomic E-state index is 12.8. The Morgan fingerprint density at radius 1 is 0.947 bits per heavy atom. The second-order valence-corrected chi connectivity index (χ2v) is 9.36. The fourth-order valence-corrected chi connectivity index (χ4v) is 5.24. The lowest BCUT2D eigenvalue weighted by atomic mass is 10.1. The zero-order chi connectivity index (χ0) is 26.8. The molecule has 5 aromatic rings. The number of ether oxygens (including phenoxy) is 3. The van der Waals surface area contributed by atoms with Gasteiger partial charge in [0.1, 0.15) is 0 Å². The predicted molar refractivity (Wildman–Crippen MR) is 150 cm³/mol. The van der Waals surface area contributed by atoms with Gasteiger partial charge in [0.05, 0.1) is 27.1 Å². The van der Waals surface area contributed by atoms with Crippen LogP contribution in [0.4, 0.5) is 5.69 Å². The maximum atomic E-state index is 12.8. The van der Waals surface area contributed by atoms with Gasteiger partial charge in [-0.25, -0.2) is 4.68 Å². The Morgan fingerprint density at radius 3 is 2.34 bits per heavy atom. The quantitative estimate of drug-likeness (QED) is 0.210. The third kappa shape index (κ3) is 4.45. The number of methoxy groups -OCH3 is 3. The summed E-state index contributed by atoms with van der Waals surface area (Å²) in [7, 11) is 4.61. The SMILES string of the molecule is CCn1c2ccccc2c2cc(NC(=O)CSc3nnc(-c4cc(OC)c(OC)c(OC)c4)n3N)ccc21. The number of rotatable bonds is 9. The van der Waals surface area contributed by atoms with E-state index in [1.54, 1.807) is 12.1 Å². The number of aromatic nitrogens is 4. The van der Waals surface area contributed by atoms with E-state index in [0.29, 0.717) is 33.8 Å². The number of hydrogen-bond donors (Lipinski definition) is 2. The van der Waals surface area contributed by atoms with Crippen molar-refractivity contribution in [3.8, 4) is 28.6 Å². The molecule has 11 heteroatoms. The van der Waals surface area contributed by atoms with Crippen molar-refractivity contribution in [3.63, 3.8) is 0 Å². The highest BCUT2D eigenvalue weighted by Gasteiger charge is 2.19. The number of fused-ring (bicyclic) bond motifs is 3. The molecule has 38 heavy (non-hydrogen) atoms. The number of carbonyl (C=O) groups is 1. The van der Waals surface area contributed by atoms with Gasteiger partial charge in [0.15, 0.2) is 17.3 Å². The van der Waals surface area contributed by atoms with E-state index in [4.69, 9.17) is 20.1 Å². The van der Waals surface area contributed by atoms with Gasteiger partial charge in [-0.15, -0.1) is 10.2 Å². The number of anilines is 1. The molecule has 0 aliphatic heterocycles. The molecule has 0 saturated heterocycles. The third-order valence-corrected chi connectivity index (χ3v) is 7.24. The van der Waals surface area contributed by atoms with Crippen LogP contribution in [0.25, 0.3) is 33.2 Å². The van der Waals surface area contributed by atoms with Crippen molar-refractivity contribution in [2.75, 3.05) is 38.2 Å². The van der Waals surface area contributed by atoms with Crippen LogP contribution in [0.5, 0.6) is 17.2 Å². The molecule has 5 rings (SSSR count). The highest BCUT2D eigenvalue weighted by molar-refractivity contribution is 7.99. The van der Waals surface area contributed by atoms with E-state index in [-0.39, 0.29) is 11.7 Å². The lowest BCUT2D eigenvalue weighted by molar-refractivity contribution is -0.113. The van der Waals surface area contributed by atoms with Gasteiger partial charge in [-0.1, -0.05) is 30.0 Å². The Balaban J connectivity index is 1.32. The highest BCUT2D eigenvalue weighted by Crippen LogP contribution is 2.41. The molecule has 0 saturated carbocycles. The summed E-state index contributed by atoms with van der Waals surface area (Å²) in [6.45, 7) is 2.99. The van der Waals surface area contributed by atoms with E-state index in [1.165, 1.54) is 43.3 Å². The van der Waals surface area contributed by atoms with Gasteiger partial charge >= 0.3 is 0 Å². The molecule has 196 valence electrons. The lowest BCUT2D eigenvalue weighted by Gasteiger charge is -2.13. The zero-order valence-electron chi connectivity index (χ0n) is 21.5. The van der Waals surface area contributed by atoms with Crippen molar-refractivity contribution in [3.05, 3.63) is 54.6 Å². The van der Waals surface area contributed by atoms with Crippen LogP contribution in [0.15, 0.2) is 59.8 Å². The highest BCUT2D eigenvalue weighted by atomic mass is 32.2. The topological polar surface area (TPSA) is 118 Å². The number of aryl methyl sites for hydroxylation is 1. The fraction of sp³-hybridized carbons (Fsp3) is 0.222. The summed E-state index contributed by atoms with van der Waals surface area (Å²) in [5.74, 6) is 8.01. The first-order valence-corrected chi connectivity index (χ1v) is 12.9. The van der Waals surface area contributed by atoms with E-state index in [1.807, 2.05) is 30.3 Å². The van der Waals surface area contributed by atoms with Gasteiger partial charge in [-0.2, -0.15) is 0 Å². The molecule has 0 aliphatic carbocycles. The molecule has 2 aromatic heterocycles. The molecule has 3 aromatic carbocycles. The average molecular weight is 533 g/mol. The van der Waals surface area contributed by atoms with E-state index >= 15 is 0 Å². The van der Waals surface area contributed by atoms with Crippen LogP contribution in [0.2, 0.25) is 0 Å². The monoisotopic (exact) mass is 532 g/mol. The van der Waals surface area contributed by atoms with Crippen molar-refractivity contribution >= 4 is 45.2 Å². The van der Waals surface area contributed by atoms with Gasteiger partial charge in [0.2, 0.25) is 16.8 Å². The number of nitrogens with one attached hydrogen (secondary N) is 1. The summed E-state index contributed by atoms with van der Waals surface area (Å²) in [5, 5.41) is 14.0. The molecule has 0 bridgehead atoms. The fourth-order valence-electron chi connectivity index (χ4n) is 4.58. The molecule has 0 atom stereocenters. The molecular weight excluding hydrogens is 504 g/mol. The minimum absolute atomic E-state index is 0.110. The Bertz CT molecular complexity index is 1620. The van der Waals surface area contributed by atoms with Crippen LogP contribution in [0, 0.1) is 0 Å². The minimum Gasteiger partial charge on any atom is -0.493 e. The van der Waals surface area contributed by atoms with Crippen molar-refractivity contribution in [2.24, 2.45) is 0 Å². The Hall–Kier alpha value is -4.38. The van der Waals surface area contributed by atoms with E-state index in [0.717, 1.165) is 28.5 Å². The Morgan fingerprint density at radius 2 is 1.66 bits per heavy atom. The second-order valence-electron chi connectivity index (χ2n) is 8.42. The first-order valence-electron chi connectivity index (χ1n) is 11.9. The summed E-state index contributed by atoms with van der Waals surface area (Å²) in [6.07, 6.45) is 0. The summed E-state index contributed by atoms with van der Waals surface area (Å²) in [5.41, 5.74) is 3.67. The molecule has 1 amide bonds. The molecule has 0 fully saturated rings. The number of para-hydroxylation sites is 1. The van der Waals surface area contributed by atoms with Crippen molar-refractivity contribution in [1.82, 2.24) is 19.4 Å². The second kappa shape index (κ2) is 10.5. The number of nitrogens with two attached hydrogens (primary N) is 1. The minimum atomic E-state index is -0.175. The predicted octanol–water partition coefficient (Wildman–Crippen LogP) is 4.54. The number of amides is 1.